The predicted octanol–water partition coefficient (Wildman–Crippen LogP) is 3.05. The van der Waals surface area contributed by atoms with Crippen molar-refractivity contribution in [1.82, 2.24) is 5.01 Å². The number of nitro groups is 1. The first-order valence-corrected chi connectivity index (χ1v) is 7.82. The molecule has 0 radical (unpaired) electrons. The first kappa shape index (κ1) is 15.4. The lowest BCUT2D eigenvalue weighted by molar-refractivity contribution is -0.384. The number of carbonyl (C=O) groups excluding carboxylic acids is 1. The van der Waals surface area contributed by atoms with Crippen molar-refractivity contribution in [2.75, 3.05) is 5.75 Å². The monoisotopic (exact) mass is 347 g/mol. The minimum absolute atomic E-state index is 0.0145. The van der Waals surface area contributed by atoms with Gasteiger partial charge >= 0.3 is 0 Å². The maximum atomic E-state index is 11.5. The van der Waals surface area contributed by atoms with E-state index in [1.165, 1.54) is 30.1 Å². The second kappa shape index (κ2) is 6.31. The van der Waals surface area contributed by atoms with Crippen LogP contribution in [0.2, 0.25) is 0 Å². The Hall–Kier alpha value is -2.52. The number of amides is 1. The molecule has 9 heteroatoms. The van der Waals surface area contributed by atoms with Gasteiger partial charge in [0.15, 0.2) is 4.32 Å². The lowest BCUT2D eigenvalue weighted by Gasteiger charge is -2.05. The van der Waals surface area contributed by atoms with Gasteiger partial charge in [-0.15, -0.1) is 0 Å². The normalized spacial score (nSPS) is 14.9. The van der Waals surface area contributed by atoms with Gasteiger partial charge in [0.2, 0.25) is 0 Å². The van der Waals surface area contributed by atoms with Crippen LogP contribution < -0.4 is 0 Å². The topological polar surface area (TPSA) is 89.0 Å². The number of carbonyl (C=O) groups is 1. The maximum absolute atomic E-state index is 11.5. The summed E-state index contributed by atoms with van der Waals surface area (Å²) in [5.41, 5.74) is 0.722. The fourth-order valence-corrected chi connectivity index (χ4v) is 2.86. The molecule has 2 aromatic rings. The molecule has 1 saturated heterocycles. The van der Waals surface area contributed by atoms with E-state index in [1.54, 1.807) is 24.3 Å². The highest BCUT2D eigenvalue weighted by atomic mass is 32.2. The molecule has 1 fully saturated rings. The Kier molecular flexibility index (Phi) is 4.22. The molecule has 1 aliphatic rings. The number of nitro benzene ring substituents is 1. The Morgan fingerprint density at radius 2 is 2.04 bits per heavy atom. The van der Waals surface area contributed by atoms with Crippen LogP contribution in [0.3, 0.4) is 0 Å². The van der Waals surface area contributed by atoms with Crippen LogP contribution in [0.4, 0.5) is 5.69 Å². The van der Waals surface area contributed by atoms with Gasteiger partial charge in [-0.3, -0.25) is 14.9 Å². The highest BCUT2D eigenvalue weighted by molar-refractivity contribution is 8.23. The fraction of sp³-hybridized carbons (Fsp3) is 0.0714. The molecule has 1 aromatic heterocycles. The molecule has 7 nitrogen and oxygen atoms in total. The van der Waals surface area contributed by atoms with Gasteiger partial charge in [0.1, 0.15) is 11.5 Å². The quantitative estimate of drug-likeness (QED) is 0.365. The third-order valence-electron chi connectivity index (χ3n) is 3.02. The smallest absolute Gasteiger partial charge is 0.269 e. The number of hydrogen-bond donors (Lipinski definition) is 0. The largest absolute Gasteiger partial charge is 0.455 e. The van der Waals surface area contributed by atoms with E-state index >= 15 is 0 Å². The molecule has 1 aromatic carbocycles. The molecule has 0 bridgehead atoms. The molecule has 0 unspecified atom stereocenters. The number of thioether (sulfide) groups is 1. The third-order valence-corrected chi connectivity index (χ3v) is 4.36. The fourth-order valence-electron chi connectivity index (χ4n) is 1.90. The number of hydrazone groups is 1. The highest BCUT2D eigenvalue weighted by Gasteiger charge is 2.26. The van der Waals surface area contributed by atoms with Crippen LogP contribution in [-0.2, 0) is 4.79 Å². The van der Waals surface area contributed by atoms with Crippen LogP contribution in [0.15, 0.2) is 45.9 Å². The summed E-state index contributed by atoms with van der Waals surface area (Å²) < 4.78 is 6.00. The average Bonchev–Trinajstić information content (AvgIpc) is 3.13. The number of thiocarbonyl (C=S) groups is 1. The maximum Gasteiger partial charge on any atom is 0.269 e. The molecule has 1 aliphatic heterocycles. The van der Waals surface area contributed by atoms with Gasteiger partial charge < -0.3 is 4.42 Å². The highest BCUT2D eigenvalue weighted by Crippen LogP contribution is 2.24. The van der Waals surface area contributed by atoms with E-state index in [-0.39, 0.29) is 11.6 Å². The molecular weight excluding hydrogens is 338 g/mol. The Morgan fingerprint density at radius 3 is 2.65 bits per heavy atom. The summed E-state index contributed by atoms with van der Waals surface area (Å²) >= 11 is 6.28. The molecule has 0 saturated carbocycles. The van der Waals surface area contributed by atoms with Gasteiger partial charge in [-0.05, 0) is 24.3 Å². The lowest BCUT2D eigenvalue weighted by atomic mass is 10.1. The standard InChI is InChI=1S/C14H9N3O4S2/c18-13-8-23-14(22)16(13)15-7-11-5-6-12(21-11)9-1-3-10(4-2-9)17(19)20/h1-7H,8H2. The molecule has 0 atom stereocenters. The zero-order valence-corrected chi connectivity index (χ0v) is 13.2. The molecular formula is C14H9N3O4S2. The zero-order valence-electron chi connectivity index (χ0n) is 11.5. The summed E-state index contributed by atoms with van der Waals surface area (Å²) in [6, 6.07) is 9.44. The Labute approximate surface area is 140 Å². The van der Waals surface area contributed by atoms with Crippen LogP contribution >= 0.6 is 24.0 Å². The average molecular weight is 347 g/mol. The minimum atomic E-state index is -0.460. The number of nitrogens with zero attached hydrogens (tertiary/aromatic N) is 3. The summed E-state index contributed by atoms with van der Waals surface area (Å²) in [4.78, 5) is 21.7. The van der Waals surface area contributed by atoms with Crippen LogP contribution in [0, 0.1) is 10.1 Å². The summed E-state index contributed by atoms with van der Waals surface area (Å²) in [6.45, 7) is 0. The number of benzene rings is 1. The van der Waals surface area contributed by atoms with Gasteiger partial charge in [0.25, 0.3) is 11.6 Å². The van der Waals surface area contributed by atoms with Crippen molar-refractivity contribution in [2.24, 2.45) is 5.10 Å². The Bertz CT molecular complexity index is 798. The molecule has 1 amide bonds. The van der Waals surface area contributed by atoms with Gasteiger partial charge in [-0.25, -0.2) is 0 Å². The number of rotatable bonds is 4. The minimum Gasteiger partial charge on any atom is -0.455 e. The second-order valence-electron chi connectivity index (χ2n) is 4.51. The van der Waals surface area contributed by atoms with Gasteiger partial charge in [-0.2, -0.15) is 10.1 Å². The molecule has 2 heterocycles. The molecule has 116 valence electrons. The molecule has 0 N–H and O–H groups in total. The van der Waals surface area contributed by atoms with Crippen molar-refractivity contribution in [1.29, 1.82) is 0 Å². The van der Waals surface area contributed by atoms with Crippen molar-refractivity contribution in [2.45, 2.75) is 0 Å². The van der Waals surface area contributed by atoms with E-state index < -0.39 is 4.92 Å². The van der Waals surface area contributed by atoms with Crippen LogP contribution in [-0.4, -0.2) is 32.1 Å². The second-order valence-corrected chi connectivity index (χ2v) is 6.12. The third kappa shape index (κ3) is 3.30. The lowest BCUT2D eigenvalue weighted by Crippen LogP contribution is -2.22. The Morgan fingerprint density at radius 1 is 1.30 bits per heavy atom. The summed E-state index contributed by atoms with van der Waals surface area (Å²) in [7, 11) is 0. The summed E-state index contributed by atoms with van der Waals surface area (Å²) in [5, 5.41) is 15.8. The number of non-ortho nitro benzene ring substituents is 1. The first-order valence-electron chi connectivity index (χ1n) is 6.43. The molecule has 23 heavy (non-hydrogen) atoms. The van der Waals surface area contributed by atoms with E-state index in [1.807, 2.05) is 0 Å². The SMILES string of the molecule is O=C1CSC(=S)N1N=Cc1ccc(-c2ccc([N+](=O)[O-])cc2)o1. The van der Waals surface area contributed by atoms with Crippen LogP contribution in [0.1, 0.15) is 5.76 Å². The summed E-state index contributed by atoms with van der Waals surface area (Å²) in [6.07, 6.45) is 1.41. The van der Waals surface area contributed by atoms with Gasteiger partial charge in [0.05, 0.1) is 16.9 Å². The summed E-state index contributed by atoms with van der Waals surface area (Å²) in [5.74, 6) is 1.12. The van der Waals surface area contributed by atoms with E-state index in [0.717, 1.165) is 5.01 Å². The van der Waals surface area contributed by atoms with Crippen molar-refractivity contribution >= 4 is 46.1 Å². The van der Waals surface area contributed by atoms with Gasteiger partial charge in [0, 0.05) is 17.7 Å². The number of furan rings is 1. The van der Waals surface area contributed by atoms with E-state index in [0.29, 0.717) is 27.2 Å². The van der Waals surface area contributed by atoms with E-state index in [2.05, 4.69) is 5.10 Å². The predicted molar refractivity (Wildman–Crippen MR) is 90.3 cm³/mol. The van der Waals surface area contributed by atoms with E-state index in [9.17, 15) is 14.9 Å². The first-order chi connectivity index (χ1) is 11.0. The van der Waals surface area contributed by atoms with Crippen LogP contribution in [0.5, 0.6) is 0 Å². The molecule has 3 rings (SSSR count). The van der Waals surface area contributed by atoms with Crippen LogP contribution in [0.25, 0.3) is 11.3 Å². The van der Waals surface area contributed by atoms with Gasteiger partial charge in [-0.1, -0.05) is 24.0 Å². The molecule has 0 aliphatic carbocycles. The molecule has 0 spiro atoms. The Balaban J connectivity index is 1.76. The van der Waals surface area contributed by atoms with Crippen molar-refractivity contribution in [3.63, 3.8) is 0 Å². The number of hydrogen-bond acceptors (Lipinski definition) is 7. The van der Waals surface area contributed by atoms with Crippen molar-refractivity contribution < 1.29 is 14.1 Å². The van der Waals surface area contributed by atoms with Crippen molar-refractivity contribution in [3.05, 3.63) is 52.3 Å². The van der Waals surface area contributed by atoms with Crippen molar-refractivity contribution in [3.8, 4) is 11.3 Å². The van der Waals surface area contributed by atoms with E-state index in [4.69, 9.17) is 16.6 Å². The zero-order chi connectivity index (χ0) is 16.4.